The van der Waals surface area contributed by atoms with Gasteiger partial charge in [-0.2, -0.15) is 0 Å². The maximum Gasteiger partial charge on any atom is 0.111 e. The Hall–Kier alpha value is -0.910. The van der Waals surface area contributed by atoms with Gasteiger partial charge in [0.2, 0.25) is 0 Å². The topological polar surface area (TPSA) is 56.5 Å². The van der Waals surface area contributed by atoms with E-state index in [1.165, 1.54) is 0 Å². The molecule has 17 heavy (non-hydrogen) atoms. The Morgan fingerprint density at radius 1 is 1.41 bits per heavy atom. The minimum atomic E-state index is -0.515. The first-order chi connectivity index (χ1) is 8.15. The number of aliphatic hydroxyl groups excluding tert-OH is 1. The molecule has 0 aliphatic heterocycles. The van der Waals surface area contributed by atoms with Gasteiger partial charge in [0.1, 0.15) is 5.82 Å². The third-order valence-corrected chi connectivity index (χ3v) is 2.41. The number of nitrogens with zero attached hydrogens (tertiary/aromatic N) is 2. The van der Waals surface area contributed by atoms with Gasteiger partial charge in [0.15, 0.2) is 0 Å². The lowest BCUT2D eigenvalue weighted by atomic mass is 10.2. The average Bonchev–Trinajstić information content (AvgIpc) is 2.72. The van der Waals surface area contributed by atoms with E-state index < -0.39 is 6.10 Å². The minimum Gasteiger partial charge on any atom is -0.389 e. The minimum absolute atomic E-state index is 0.319. The lowest BCUT2D eigenvalue weighted by Crippen LogP contribution is -2.23. The molecular weight excluding hydrogens is 220 g/mol. The molecule has 1 aromatic heterocycles. The first-order valence-electron chi connectivity index (χ1n) is 5.91. The lowest BCUT2D eigenvalue weighted by Gasteiger charge is -2.15. The fourth-order valence-electron chi connectivity index (χ4n) is 1.62. The molecule has 1 rings (SSSR count). The van der Waals surface area contributed by atoms with E-state index in [1.54, 1.807) is 13.3 Å². The molecule has 1 N–H and O–H groups in total. The van der Waals surface area contributed by atoms with E-state index in [1.807, 2.05) is 10.8 Å². The normalized spacial score (nSPS) is 13.2. The van der Waals surface area contributed by atoms with Crippen LogP contribution in [0.4, 0.5) is 0 Å². The molecule has 1 unspecified atom stereocenters. The summed E-state index contributed by atoms with van der Waals surface area (Å²) in [7, 11) is 1.63. The predicted molar refractivity (Wildman–Crippen MR) is 65.0 cm³/mol. The molecule has 0 aliphatic rings. The molecule has 0 saturated heterocycles. The van der Waals surface area contributed by atoms with Crippen LogP contribution in [0.2, 0.25) is 0 Å². The van der Waals surface area contributed by atoms with Gasteiger partial charge in [-0.1, -0.05) is 13.8 Å². The van der Waals surface area contributed by atoms with Gasteiger partial charge < -0.3 is 19.1 Å². The number of aliphatic hydroxyl groups is 1. The molecule has 0 aliphatic carbocycles. The number of rotatable bonds is 8. The predicted octanol–water partition coefficient (Wildman–Crippen LogP) is 1.03. The molecule has 0 saturated carbocycles. The number of ether oxygens (including phenoxy) is 2. The Morgan fingerprint density at radius 2 is 2.18 bits per heavy atom. The Bertz CT molecular complexity index is 312. The second-order valence-electron chi connectivity index (χ2n) is 4.31. The van der Waals surface area contributed by atoms with Crippen molar-refractivity contribution in [2.45, 2.75) is 32.4 Å². The zero-order valence-corrected chi connectivity index (χ0v) is 10.8. The van der Waals surface area contributed by atoms with E-state index >= 15 is 0 Å². The zero-order valence-electron chi connectivity index (χ0n) is 10.8. The Morgan fingerprint density at radius 3 is 2.82 bits per heavy atom. The largest absolute Gasteiger partial charge is 0.389 e. The molecule has 1 heterocycles. The van der Waals surface area contributed by atoms with E-state index in [2.05, 4.69) is 18.8 Å². The van der Waals surface area contributed by atoms with Crippen molar-refractivity contribution in [1.82, 2.24) is 9.55 Å². The van der Waals surface area contributed by atoms with Crippen molar-refractivity contribution in [3.8, 4) is 0 Å². The van der Waals surface area contributed by atoms with Crippen molar-refractivity contribution in [3.05, 3.63) is 18.2 Å². The van der Waals surface area contributed by atoms with Crippen LogP contribution in [0.5, 0.6) is 0 Å². The van der Waals surface area contributed by atoms with Crippen molar-refractivity contribution < 1.29 is 14.6 Å². The number of aromatic nitrogens is 2. The second-order valence-corrected chi connectivity index (χ2v) is 4.31. The van der Waals surface area contributed by atoms with E-state index in [9.17, 15) is 5.11 Å². The standard InChI is InChI=1S/C12H22N2O3/c1-10(2)12-13-4-5-14(12)8-11(15)9-17-7-6-16-3/h4-5,10-11,15H,6-9H2,1-3H3. The van der Waals surface area contributed by atoms with Crippen LogP contribution in [0.1, 0.15) is 25.6 Å². The number of imidazole rings is 1. The first-order valence-corrected chi connectivity index (χ1v) is 5.91. The molecule has 5 heteroatoms. The Labute approximate surface area is 102 Å². The highest BCUT2D eigenvalue weighted by molar-refractivity contribution is 4.97. The van der Waals surface area contributed by atoms with Crippen LogP contribution in [0.15, 0.2) is 12.4 Å². The summed E-state index contributed by atoms with van der Waals surface area (Å²) >= 11 is 0. The quantitative estimate of drug-likeness (QED) is 0.692. The highest BCUT2D eigenvalue weighted by Crippen LogP contribution is 2.12. The van der Waals surface area contributed by atoms with E-state index in [0.29, 0.717) is 32.3 Å². The van der Waals surface area contributed by atoms with Crippen molar-refractivity contribution in [1.29, 1.82) is 0 Å². The first kappa shape index (κ1) is 14.2. The molecule has 0 fully saturated rings. The highest BCUT2D eigenvalue weighted by Gasteiger charge is 2.11. The van der Waals surface area contributed by atoms with E-state index in [-0.39, 0.29) is 0 Å². The third-order valence-electron chi connectivity index (χ3n) is 2.41. The van der Waals surface area contributed by atoms with Crippen molar-refractivity contribution in [2.24, 2.45) is 0 Å². The maximum atomic E-state index is 9.81. The van der Waals surface area contributed by atoms with Gasteiger partial charge in [-0.3, -0.25) is 0 Å². The van der Waals surface area contributed by atoms with Crippen LogP contribution in [0.25, 0.3) is 0 Å². The molecule has 5 nitrogen and oxygen atoms in total. The molecular formula is C12H22N2O3. The van der Waals surface area contributed by atoms with Gasteiger partial charge >= 0.3 is 0 Å². The summed E-state index contributed by atoms with van der Waals surface area (Å²) in [6, 6.07) is 0. The molecule has 0 spiro atoms. The zero-order chi connectivity index (χ0) is 12.7. The highest BCUT2D eigenvalue weighted by atomic mass is 16.5. The van der Waals surface area contributed by atoms with Crippen LogP contribution in [0.3, 0.4) is 0 Å². The smallest absolute Gasteiger partial charge is 0.111 e. The number of methoxy groups -OCH3 is 1. The van der Waals surface area contributed by atoms with Gasteiger partial charge in [-0.05, 0) is 0 Å². The summed E-state index contributed by atoms with van der Waals surface area (Å²) in [5, 5.41) is 9.81. The summed E-state index contributed by atoms with van der Waals surface area (Å²) in [6.45, 7) is 6.06. The van der Waals surface area contributed by atoms with Gasteiger partial charge in [0.25, 0.3) is 0 Å². The summed E-state index contributed by atoms with van der Waals surface area (Å²) < 4.78 is 12.1. The van der Waals surface area contributed by atoms with Crippen molar-refractivity contribution in [3.63, 3.8) is 0 Å². The van der Waals surface area contributed by atoms with Gasteiger partial charge in [0.05, 0.1) is 32.5 Å². The van der Waals surface area contributed by atoms with Crippen LogP contribution in [0, 0.1) is 0 Å². The summed E-state index contributed by atoms with van der Waals surface area (Å²) in [4.78, 5) is 4.27. The van der Waals surface area contributed by atoms with Gasteiger partial charge in [-0.15, -0.1) is 0 Å². The maximum absolute atomic E-state index is 9.81. The summed E-state index contributed by atoms with van der Waals surface area (Å²) in [6.07, 6.45) is 3.13. The van der Waals surface area contributed by atoms with Crippen LogP contribution >= 0.6 is 0 Å². The fraction of sp³-hybridized carbons (Fsp3) is 0.750. The van der Waals surface area contributed by atoms with Gasteiger partial charge in [-0.25, -0.2) is 4.98 Å². The molecule has 0 aromatic carbocycles. The average molecular weight is 242 g/mol. The Balaban J connectivity index is 2.34. The molecule has 0 radical (unpaired) electrons. The van der Waals surface area contributed by atoms with E-state index in [4.69, 9.17) is 9.47 Å². The summed E-state index contributed by atoms with van der Waals surface area (Å²) in [5.41, 5.74) is 0. The van der Waals surface area contributed by atoms with Crippen LogP contribution in [-0.4, -0.2) is 47.7 Å². The summed E-state index contributed by atoms with van der Waals surface area (Å²) in [5.74, 6) is 1.34. The molecule has 1 atom stereocenters. The molecule has 0 amide bonds. The fourth-order valence-corrected chi connectivity index (χ4v) is 1.62. The van der Waals surface area contributed by atoms with Crippen molar-refractivity contribution >= 4 is 0 Å². The van der Waals surface area contributed by atoms with Crippen LogP contribution in [-0.2, 0) is 16.0 Å². The molecule has 98 valence electrons. The second kappa shape index (κ2) is 7.42. The third kappa shape index (κ3) is 4.85. The number of hydrogen-bond acceptors (Lipinski definition) is 4. The lowest BCUT2D eigenvalue weighted by molar-refractivity contribution is 0.00688. The van der Waals surface area contributed by atoms with Crippen LogP contribution < -0.4 is 0 Å². The Kier molecular flexibility index (Phi) is 6.18. The van der Waals surface area contributed by atoms with E-state index in [0.717, 1.165) is 5.82 Å². The molecule has 1 aromatic rings. The van der Waals surface area contributed by atoms with Crippen molar-refractivity contribution in [2.75, 3.05) is 26.9 Å². The molecule has 0 bridgehead atoms. The monoisotopic (exact) mass is 242 g/mol. The SMILES string of the molecule is COCCOCC(O)Cn1ccnc1C(C)C. The van der Waals surface area contributed by atoms with Gasteiger partial charge in [0, 0.05) is 25.4 Å². The number of hydrogen-bond donors (Lipinski definition) is 1.